The minimum atomic E-state index is 0.344. The van der Waals surface area contributed by atoms with Gasteiger partial charge in [0.25, 0.3) is 0 Å². The Hall–Kier alpha value is -0.240. The quantitative estimate of drug-likeness (QED) is 0.873. The van der Waals surface area contributed by atoms with Crippen molar-refractivity contribution in [3.05, 3.63) is 33.8 Å². The zero-order chi connectivity index (χ0) is 11.9. The molecule has 2 aliphatic rings. The molecule has 1 nitrogen and oxygen atoms in total. The van der Waals surface area contributed by atoms with Crippen molar-refractivity contribution in [2.24, 2.45) is 5.92 Å². The van der Waals surface area contributed by atoms with Gasteiger partial charge in [0, 0.05) is 5.54 Å². The SMILES string of the molecule is Clc1ccc(CC2(C3CC3)CCCN2)cc1Cl. The Labute approximate surface area is 112 Å². The van der Waals surface area contributed by atoms with Crippen LogP contribution in [0, 0.1) is 5.92 Å². The first kappa shape index (κ1) is 11.8. The molecule has 1 aliphatic carbocycles. The van der Waals surface area contributed by atoms with Crippen LogP contribution in [0.1, 0.15) is 31.2 Å². The van der Waals surface area contributed by atoms with Gasteiger partial charge in [-0.25, -0.2) is 0 Å². The number of halogens is 2. The van der Waals surface area contributed by atoms with Gasteiger partial charge in [0.05, 0.1) is 10.0 Å². The average molecular weight is 270 g/mol. The van der Waals surface area contributed by atoms with Gasteiger partial charge in [-0.2, -0.15) is 0 Å². The lowest BCUT2D eigenvalue weighted by atomic mass is 9.84. The van der Waals surface area contributed by atoms with E-state index in [0.29, 0.717) is 15.6 Å². The molecule has 0 spiro atoms. The van der Waals surface area contributed by atoms with Gasteiger partial charge in [-0.05, 0) is 62.3 Å². The molecule has 1 aromatic carbocycles. The first-order valence-electron chi connectivity index (χ1n) is 6.39. The Morgan fingerprint density at radius 1 is 1.24 bits per heavy atom. The molecule has 3 heteroatoms. The van der Waals surface area contributed by atoms with Crippen molar-refractivity contribution < 1.29 is 0 Å². The highest BCUT2D eigenvalue weighted by molar-refractivity contribution is 6.42. The zero-order valence-electron chi connectivity index (χ0n) is 9.81. The fourth-order valence-corrected chi connectivity index (χ4v) is 3.44. The molecular formula is C14H17Cl2N. The van der Waals surface area contributed by atoms with E-state index in [2.05, 4.69) is 11.4 Å². The third-order valence-electron chi connectivity index (χ3n) is 4.14. The molecular weight excluding hydrogens is 253 g/mol. The summed E-state index contributed by atoms with van der Waals surface area (Å²) in [6, 6.07) is 6.04. The minimum absolute atomic E-state index is 0.344. The van der Waals surface area contributed by atoms with Crippen molar-refractivity contribution in [2.75, 3.05) is 6.54 Å². The molecule has 17 heavy (non-hydrogen) atoms. The van der Waals surface area contributed by atoms with Crippen LogP contribution < -0.4 is 5.32 Å². The maximum atomic E-state index is 6.09. The van der Waals surface area contributed by atoms with Crippen molar-refractivity contribution >= 4 is 23.2 Å². The summed E-state index contributed by atoms with van der Waals surface area (Å²) in [5.41, 5.74) is 1.65. The molecule has 1 saturated heterocycles. The number of hydrogen-bond donors (Lipinski definition) is 1. The summed E-state index contributed by atoms with van der Waals surface area (Å²) in [5.74, 6) is 0.874. The Morgan fingerprint density at radius 3 is 2.65 bits per heavy atom. The van der Waals surface area contributed by atoms with Crippen molar-refractivity contribution in [3.63, 3.8) is 0 Å². The van der Waals surface area contributed by atoms with Gasteiger partial charge in [-0.3, -0.25) is 0 Å². The summed E-state index contributed by atoms with van der Waals surface area (Å²) >= 11 is 12.0. The van der Waals surface area contributed by atoms with E-state index < -0.39 is 0 Å². The highest BCUT2D eigenvalue weighted by Crippen LogP contribution is 2.46. The predicted molar refractivity (Wildman–Crippen MR) is 72.9 cm³/mol. The van der Waals surface area contributed by atoms with Crippen LogP contribution in [0.4, 0.5) is 0 Å². The van der Waals surface area contributed by atoms with Gasteiger partial charge >= 0.3 is 0 Å². The van der Waals surface area contributed by atoms with E-state index in [0.717, 1.165) is 18.9 Å². The second kappa shape index (κ2) is 4.46. The molecule has 1 saturated carbocycles. The number of benzene rings is 1. The second-order valence-corrected chi connectivity index (χ2v) is 6.20. The lowest BCUT2D eigenvalue weighted by Crippen LogP contribution is -2.44. The summed E-state index contributed by atoms with van der Waals surface area (Å²) in [5, 5.41) is 5.06. The molecule has 92 valence electrons. The summed E-state index contributed by atoms with van der Waals surface area (Å²) in [6.07, 6.45) is 6.47. The Bertz CT molecular complexity index is 420. The van der Waals surface area contributed by atoms with Crippen LogP contribution in [0.2, 0.25) is 10.0 Å². The van der Waals surface area contributed by atoms with Gasteiger partial charge in [0.1, 0.15) is 0 Å². The van der Waals surface area contributed by atoms with E-state index in [1.54, 1.807) is 0 Å². The third-order valence-corrected chi connectivity index (χ3v) is 4.88. The minimum Gasteiger partial charge on any atom is -0.311 e. The van der Waals surface area contributed by atoms with Crippen molar-refractivity contribution in [1.29, 1.82) is 0 Å². The van der Waals surface area contributed by atoms with Gasteiger partial charge in [0.15, 0.2) is 0 Å². The monoisotopic (exact) mass is 269 g/mol. The third kappa shape index (κ3) is 2.33. The number of nitrogens with one attached hydrogen (secondary N) is 1. The molecule has 0 radical (unpaired) electrons. The number of rotatable bonds is 3. The van der Waals surface area contributed by atoms with Crippen LogP contribution in [-0.2, 0) is 6.42 Å². The molecule has 1 N–H and O–H groups in total. The first-order valence-corrected chi connectivity index (χ1v) is 7.14. The Balaban J connectivity index is 1.82. The summed E-state index contributed by atoms with van der Waals surface area (Å²) in [7, 11) is 0. The molecule has 1 heterocycles. The van der Waals surface area contributed by atoms with Crippen molar-refractivity contribution in [3.8, 4) is 0 Å². The highest BCUT2D eigenvalue weighted by Gasteiger charge is 2.46. The molecule has 3 rings (SSSR count). The first-order chi connectivity index (χ1) is 8.20. The lowest BCUT2D eigenvalue weighted by Gasteiger charge is -2.30. The van der Waals surface area contributed by atoms with E-state index in [-0.39, 0.29) is 0 Å². The van der Waals surface area contributed by atoms with Crippen LogP contribution in [0.3, 0.4) is 0 Å². The van der Waals surface area contributed by atoms with E-state index >= 15 is 0 Å². The topological polar surface area (TPSA) is 12.0 Å². The van der Waals surface area contributed by atoms with E-state index in [1.807, 2.05) is 12.1 Å². The van der Waals surface area contributed by atoms with Gasteiger partial charge in [-0.1, -0.05) is 29.3 Å². The summed E-state index contributed by atoms with van der Waals surface area (Å²) in [4.78, 5) is 0. The van der Waals surface area contributed by atoms with Crippen LogP contribution in [-0.4, -0.2) is 12.1 Å². The fraction of sp³-hybridized carbons (Fsp3) is 0.571. The van der Waals surface area contributed by atoms with E-state index in [4.69, 9.17) is 23.2 Å². The largest absolute Gasteiger partial charge is 0.311 e. The maximum absolute atomic E-state index is 6.09. The molecule has 0 amide bonds. The molecule has 2 fully saturated rings. The molecule has 1 aliphatic heterocycles. The normalized spacial score (nSPS) is 28.6. The average Bonchev–Trinajstić information content (AvgIpc) is 3.07. The van der Waals surface area contributed by atoms with Crippen LogP contribution in [0.5, 0.6) is 0 Å². The van der Waals surface area contributed by atoms with E-state index in [1.165, 1.54) is 31.2 Å². The highest BCUT2D eigenvalue weighted by atomic mass is 35.5. The molecule has 0 bridgehead atoms. The standard InChI is InChI=1S/C14H17Cl2N/c15-12-5-2-10(8-13(12)16)9-14(11-3-4-11)6-1-7-17-14/h2,5,8,11,17H,1,3-4,6-7,9H2. The van der Waals surface area contributed by atoms with Gasteiger partial charge < -0.3 is 5.32 Å². The smallest absolute Gasteiger partial charge is 0.0595 e. The van der Waals surface area contributed by atoms with Crippen molar-refractivity contribution in [2.45, 2.75) is 37.6 Å². The zero-order valence-corrected chi connectivity index (χ0v) is 11.3. The predicted octanol–water partition coefficient (Wildman–Crippen LogP) is 4.07. The maximum Gasteiger partial charge on any atom is 0.0595 e. The molecule has 1 atom stereocenters. The van der Waals surface area contributed by atoms with Gasteiger partial charge in [-0.15, -0.1) is 0 Å². The summed E-state index contributed by atoms with van der Waals surface area (Å²) in [6.45, 7) is 1.16. The van der Waals surface area contributed by atoms with Crippen LogP contribution in [0.25, 0.3) is 0 Å². The van der Waals surface area contributed by atoms with Gasteiger partial charge in [0.2, 0.25) is 0 Å². The molecule has 1 aromatic rings. The lowest BCUT2D eigenvalue weighted by molar-refractivity contribution is 0.323. The fourth-order valence-electron chi connectivity index (χ4n) is 3.12. The number of hydrogen-bond acceptors (Lipinski definition) is 1. The van der Waals surface area contributed by atoms with Crippen LogP contribution >= 0.6 is 23.2 Å². The second-order valence-electron chi connectivity index (χ2n) is 5.39. The van der Waals surface area contributed by atoms with E-state index in [9.17, 15) is 0 Å². The molecule has 1 unspecified atom stereocenters. The summed E-state index contributed by atoms with van der Waals surface area (Å²) < 4.78 is 0. The Morgan fingerprint density at radius 2 is 2.06 bits per heavy atom. The van der Waals surface area contributed by atoms with Crippen LogP contribution in [0.15, 0.2) is 18.2 Å². The Kier molecular flexibility index (Phi) is 3.10. The molecule has 0 aromatic heterocycles. The van der Waals surface area contributed by atoms with Crippen molar-refractivity contribution in [1.82, 2.24) is 5.32 Å².